The zero-order valence-corrected chi connectivity index (χ0v) is 19.9. The second-order valence-electron chi connectivity index (χ2n) is 9.11. The molecular weight excluding hydrogens is 446 g/mol. The van der Waals surface area contributed by atoms with Crippen LogP contribution in [0.15, 0.2) is 54.6 Å². The molecule has 2 aromatic carbocycles. The monoisotopic (exact) mass is 473 g/mol. The third kappa shape index (κ3) is 4.26. The summed E-state index contributed by atoms with van der Waals surface area (Å²) in [5.74, 6) is -1.67. The maximum atomic E-state index is 13.4. The van der Waals surface area contributed by atoms with Gasteiger partial charge < -0.3 is 9.47 Å². The first kappa shape index (κ1) is 23.7. The van der Waals surface area contributed by atoms with Gasteiger partial charge in [0, 0.05) is 17.4 Å². The second-order valence-corrected chi connectivity index (χ2v) is 9.54. The summed E-state index contributed by atoms with van der Waals surface area (Å²) in [5, 5.41) is 1.93. The normalized spacial score (nSPS) is 26.2. The van der Waals surface area contributed by atoms with E-state index in [9.17, 15) is 9.59 Å². The largest absolute Gasteiger partial charge is 0.468 e. The smallest absolute Gasteiger partial charge is 0.325 e. The lowest BCUT2D eigenvalue weighted by atomic mass is 9.65. The molecule has 0 bridgehead atoms. The third-order valence-corrected chi connectivity index (χ3v) is 6.72. The highest BCUT2D eigenvalue weighted by molar-refractivity contribution is 6.30. The lowest BCUT2D eigenvalue weighted by Gasteiger charge is -2.55. The lowest BCUT2D eigenvalue weighted by molar-refractivity contribution is -0.481. The van der Waals surface area contributed by atoms with Crippen LogP contribution in [0.2, 0.25) is 5.02 Å². The summed E-state index contributed by atoms with van der Waals surface area (Å²) in [5.41, 5.74) is -0.590. The van der Waals surface area contributed by atoms with E-state index < -0.39 is 35.1 Å². The van der Waals surface area contributed by atoms with Gasteiger partial charge in [0.2, 0.25) is 0 Å². The topological polar surface area (TPSA) is 74.3 Å². The summed E-state index contributed by atoms with van der Waals surface area (Å²) in [7, 11) is 2.55. The van der Waals surface area contributed by atoms with Crippen LogP contribution in [-0.2, 0) is 28.7 Å². The SMILES string of the molecule is COC(=O)C1(C(=O)OC)C[C@@H](c2ccccc2)ON2OC(C)(C)C[C@@H](c3ccc(Cl)cc3)[C@@H]21. The Morgan fingerprint density at radius 2 is 1.55 bits per heavy atom. The number of rotatable bonds is 4. The Balaban J connectivity index is 1.90. The van der Waals surface area contributed by atoms with E-state index in [1.165, 1.54) is 19.4 Å². The zero-order chi connectivity index (χ0) is 23.8. The van der Waals surface area contributed by atoms with Gasteiger partial charge in [-0.15, -0.1) is 0 Å². The van der Waals surface area contributed by atoms with Gasteiger partial charge in [0.1, 0.15) is 6.10 Å². The van der Waals surface area contributed by atoms with E-state index in [0.29, 0.717) is 11.4 Å². The third-order valence-electron chi connectivity index (χ3n) is 6.47. The molecule has 0 N–H and O–H groups in total. The minimum atomic E-state index is -1.68. The maximum Gasteiger partial charge on any atom is 0.325 e. The summed E-state index contributed by atoms with van der Waals surface area (Å²) in [6.07, 6.45) is -0.0449. The fourth-order valence-corrected chi connectivity index (χ4v) is 5.15. The van der Waals surface area contributed by atoms with Gasteiger partial charge in [-0.25, -0.2) is 0 Å². The number of hydroxylamine groups is 2. The molecule has 176 valence electrons. The van der Waals surface area contributed by atoms with Crippen molar-refractivity contribution in [2.75, 3.05) is 14.2 Å². The number of hydrogen-bond donors (Lipinski definition) is 0. The summed E-state index contributed by atoms with van der Waals surface area (Å²) < 4.78 is 10.4. The van der Waals surface area contributed by atoms with Gasteiger partial charge in [0.25, 0.3) is 0 Å². The van der Waals surface area contributed by atoms with Crippen molar-refractivity contribution in [2.24, 2.45) is 5.41 Å². The van der Waals surface area contributed by atoms with E-state index in [2.05, 4.69) is 0 Å². The molecule has 0 spiro atoms. The van der Waals surface area contributed by atoms with Crippen molar-refractivity contribution in [3.05, 3.63) is 70.7 Å². The van der Waals surface area contributed by atoms with Crippen LogP contribution in [0.4, 0.5) is 0 Å². The van der Waals surface area contributed by atoms with Crippen LogP contribution in [0.25, 0.3) is 0 Å². The quantitative estimate of drug-likeness (QED) is 0.474. The molecule has 0 amide bonds. The van der Waals surface area contributed by atoms with Crippen molar-refractivity contribution in [3.63, 3.8) is 0 Å². The number of halogens is 1. The van der Waals surface area contributed by atoms with E-state index in [4.69, 9.17) is 30.7 Å². The Bertz CT molecular complexity index is 993. The van der Waals surface area contributed by atoms with E-state index in [1.54, 1.807) is 12.1 Å². The zero-order valence-electron chi connectivity index (χ0n) is 19.1. The van der Waals surface area contributed by atoms with Crippen LogP contribution in [0.1, 0.15) is 49.8 Å². The predicted molar refractivity (Wildman–Crippen MR) is 121 cm³/mol. The summed E-state index contributed by atoms with van der Waals surface area (Å²) >= 11 is 6.12. The van der Waals surface area contributed by atoms with Crippen molar-refractivity contribution < 1.29 is 28.7 Å². The Kier molecular flexibility index (Phi) is 6.51. The number of carbonyl (C=O) groups excluding carboxylic acids is 2. The van der Waals surface area contributed by atoms with Crippen molar-refractivity contribution in [1.29, 1.82) is 0 Å². The molecule has 0 aliphatic carbocycles. The van der Waals surface area contributed by atoms with Crippen LogP contribution in [0, 0.1) is 5.41 Å². The van der Waals surface area contributed by atoms with E-state index in [1.807, 2.05) is 56.3 Å². The first-order valence-corrected chi connectivity index (χ1v) is 11.2. The first-order chi connectivity index (χ1) is 15.7. The molecular formula is C25H28ClNO6. The van der Waals surface area contributed by atoms with Gasteiger partial charge >= 0.3 is 11.9 Å². The molecule has 8 heteroatoms. The number of nitrogens with zero attached hydrogens (tertiary/aromatic N) is 1. The molecule has 2 aliphatic heterocycles. The summed E-state index contributed by atoms with van der Waals surface area (Å²) in [4.78, 5) is 39.4. The molecule has 0 unspecified atom stereocenters. The number of ether oxygens (including phenoxy) is 2. The number of hydrogen-bond acceptors (Lipinski definition) is 7. The minimum Gasteiger partial charge on any atom is -0.468 e. The fraction of sp³-hybridized carbons (Fsp3) is 0.440. The number of methoxy groups -OCH3 is 2. The van der Waals surface area contributed by atoms with Gasteiger partial charge in [-0.05, 0) is 43.5 Å². The molecule has 2 heterocycles. The van der Waals surface area contributed by atoms with Gasteiger partial charge in [-0.2, -0.15) is 0 Å². The molecule has 7 nitrogen and oxygen atoms in total. The first-order valence-electron chi connectivity index (χ1n) is 10.8. The maximum absolute atomic E-state index is 13.4. The molecule has 0 aromatic heterocycles. The van der Waals surface area contributed by atoms with Gasteiger partial charge in [-0.3, -0.25) is 19.3 Å². The summed E-state index contributed by atoms with van der Waals surface area (Å²) in [6.45, 7) is 3.89. The van der Waals surface area contributed by atoms with Gasteiger partial charge in [0.05, 0.1) is 25.9 Å². The fourth-order valence-electron chi connectivity index (χ4n) is 5.02. The Morgan fingerprint density at radius 3 is 2.12 bits per heavy atom. The van der Waals surface area contributed by atoms with Crippen LogP contribution in [-0.4, -0.2) is 43.0 Å². The predicted octanol–water partition coefficient (Wildman–Crippen LogP) is 4.62. The summed E-state index contributed by atoms with van der Waals surface area (Å²) in [6, 6.07) is 16.0. The number of esters is 2. The van der Waals surface area contributed by atoms with Crippen molar-refractivity contribution in [1.82, 2.24) is 5.23 Å². The molecule has 4 rings (SSSR count). The van der Waals surface area contributed by atoms with Crippen LogP contribution in [0.5, 0.6) is 0 Å². The number of carbonyl (C=O) groups is 2. The van der Waals surface area contributed by atoms with Crippen molar-refractivity contribution in [2.45, 2.75) is 50.4 Å². The van der Waals surface area contributed by atoms with Crippen LogP contribution in [0.3, 0.4) is 0 Å². The van der Waals surface area contributed by atoms with Crippen LogP contribution >= 0.6 is 11.6 Å². The van der Waals surface area contributed by atoms with Crippen molar-refractivity contribution >= 4 is 23.5 Å². The van der Waals surface area contributed by atoms with Crippen molar-refractivity contribution in [3.8, 4) is 0 Å². The Morgan fingerprint density at radius 1 is 0.939 bits per heavy atom. The molecule has 2 aromatic rings. The highest BCUT2D eigenvalue weighted by Crippen LogP contribution is 2.54. The Hall–Kier alpha value is -2.45. The molecule has 3 atom stereocenters. The van der Waals surface area contributed by atoms with Gasteiger partial charge in [-0.1, -0.05) is 59.3 Å². The lowest BCUT2D eigenvalue weighted by Crippen LogP contribution is -2.67. The van der Waals surface area contributed by atoms with Crippen LogP contribution < -0.4 is 0 Å². The molecule has 2 saturated heterocycles. The molecule has 33 heavy (non-hydrogen) atoms. The molecule has 2 fully saturated rings. The molecule has 0 radical (unpaired) electrons. The number of benzene rings is 2. The van der Waals surface area contributed by atoms with E-state index >= 15 is 0 Å². The highest BCUT2D eigenvalue weighted by Gasteiger charge is 2.66. The van der Waals surface area contributed by atoms with E-state index in [0.717, 1.165) is 11.1 Å². The van der Waals surface area contributed by atoms with Gasteiger partial charge in [0.15, 0.2) is 5.41 Å². The van der Waals surface area contributed by atoms with E-state index in [-0.39, 0.29) is 12.3 Å². The molecule has 2 aliphatic rings. The minimum absolute atomic E-state index is 0.0470. The Labute approximate surface area is 198 Å². The second kappa shape index (κ2) is 9.06. The number of fused-ring (bicyclic) bond motifs is 1. The standard InChI is InChI=1S/C25H28ClNO6/c1-24(2)14-19(16-10-12-18(26)13-11-16)21-25(22(28)30-3,23(29)31-4)15-20(32-27(21)33-24)17-8-6-5-7-9-17/h5-13,19-21H,14-15H2,1-4H3/t19-,20-,21+/m0/s1. The molecule has 0 saturated carbocycles. The average molecular weight is 474 g/mol. The highest BCUT2D eigenvalue weighted by atomic mass is 35.5. The average Bonchev–Trinajstić information content (AvgIpc) is 2.82.